The Labute approximate surface area is 116 Å². The fraction of sp³-hybridized carbons (Fsp3) is 0.733. The lowest BCUT2D eigenvalue weighted by atomic mass is 10.1. The third-order valence-electron chi connectivity index (χ3n) is 3.91. The molecule has 0 radical (unpaired) electrons. The van der Waals surface area contributed by atoms with Gasteiger partial charge in [0.15, 0.2) is 0 Å². The first-order valence-electron chi connectivity index (χ1n) is 7.57. The molecule has 4 heteroatoms. The predicted molar refractivity (Wildman–Crippen MR) is 79.3 cm³/mol. The Morgan fingerprint density at radius 2 is 2.00 bits per heavy atom. The number of hydrogen-bond donors (Lipinski definition) is 1. The molecule has 0 amide bonds. The molecule has 0 unspecified atom stereocenters. The van der Waals surface area contributed by atoms with Gasteiger partial charge in [0.05, 0.1) is 0 Å². The van der Waals surface area contributed by atoms with Crippen LogP contribution in [0.2, 0.25) is 0 Å². The van der Waals surface area contributed by atoms with Gasteiger partial charge in [0.1, 0.15) is 0 Å². The standard InChI is InChI=1S/C15H26N4/c1-13-9-11-17-15(18-13)19(12-6-10-16)14-7-4-2-3-5-8-14/h9,11,14H,2-8,10,12,16H2,1H3. The Balaban J connectivity index is 2.13. The Bertz CT molecular complexity index is 372. The third kappa shape index (κ3) is 4.16. The van der Waals surface area contributed by atoms with E-state index in [4.69, 9.17) is 5.73 Å². The topological polar surface area (TPSA) is 55.0 Å². The summed E-state index contributed by atoms with van der Waals surface area (Å²) in [4.78, 5) is 11.5. The van der Waals surface area contributed by atoms with Gasteiger partial charge in [-0.15, -0.1) is 0 Å². The average Bonchev–Trinajstić information content (AvgIpc) is 2.68. The van der Waals surface area contributed by atoms with Gasteiger partial charge in [-0.05, 0) is 38.8 Å². The molecule has 1 heterocycles. The summed E-state index contributed by atoms with van der Waals surface area (Å²) in [5.74, 6) is 0.889. The lowest BCUT2D eigenvalue weighted by Gasteiger charge is -2.31. The van der Waals surface area contributed by atoms with Crippen molar-refractivity contribution in [1.82, 2.24) is 9.97 Å². The van der Waals surface area contributed by atoms with Gasteiger partial charge in [0, 0.05) is 24.5 Å². The van der Waals surface area contributed by atoms with Crippen LogP contribution in [-0.2, 0) is 0 Å². The highest BCUT2D eigenvalue weighted by Crippen LogP contribution is 2.24. The van der Waals surface area contributed by atoms with Gasteiger partial charge >= 0.3 is 0 Å². The Hall–Kier alpha value is -1.16. The highest BCUT2D eigenvalue weighted by molar-refractivity contribution is 5.32. The highest BCUT2D eigenvalue weighted by atomic mass is 15.3. The minimum absolute atomic E-state index is 0.593. The molecule has 2 N–H and O–H groups in total. The second-order valence-electron chi connectivity index (χ2n) is 5.48. The first-order chi connectivity index (χ1) is 9.31. The van der Waals surface area contributed by atoms with E-state index >= 15 is 0 Å². The fourth-order valence-corrected chi connectivity index (χ4v) is 2.85. The molecule has 0 aliphatic heterocycles. The molecule has 1 aliphatic rings. The SMILES string of the molecule is Cc1ccnc(N(CCCN)C2CCCCCC2)n1. The molecule has 1 aromatic rings. The molecular formula is C15H26N4. The van der Waals surface area contributed by atoms with Crippen LogP contribution < -0.4 is 10.6 Å². The van der Waals surface area contributed by atoms with Gasteiger partial charge in [-0.2, -0.15) is 0 Å². The number of anilines is 1. The lowest BCUT2D eigenvalue weighted by Crippen LogP contribution is -2.38. The van der Waals surface area contributed by atoms with Crippen molar-refractivity contribution in [3.63, 3.8) is 0 Å². The molecule has 19 heavy (non-hydrogen) atoms. The number of nitrogens with two attached hydrogens (primary N) is 1. The Morgan fingerprint density at radius 3 is 2.63 bits per heavy atom. The zero-order valence-corrected chi connectivity index (χ0v) is 12.0. The fourth-order valence-electron chi connectivity index (χ4n) is 2.85. The van der Waals surface area contributed by atoms with Gasteiger partial charge in [0.25, 0.3) is 0 Å². The van der Waals surface area contributed by atoms with E-state index in [0.717, 1.165) is 31.2 Å². The van der Waals surface area contributed by atoms with E-state index in [0.29, 0.717) is 6.04 Å². The average molecular weight is 262 g/mol. The van der Waals surface area contributed by atoms with E-state index in [-0.39, 0.29) is 0 Å². The van der Waals surface area contributed by atoms with E-state index < -0.39 is 0 Å². The second kappa shape index (κ2) is 7.43. The van der Waals surface area contributed by atoms with Gasteiger partial charge < -0.3 is 10.6 Å². The largest absolute Gasteiger partial charge is 0.338 e. The maximum absolute atomic E-state index is 5.68. The highest BCUT2D eigenvalue weighted by Gasteiger charge is 2.21. The molecule has 0 aromatic carbocycles. The summed E-state index contributed by atoms with van der Waals surface area (Å²) in [6.45, 7) is 3.74. The first-order valence-corrected chi connectivity index (χ1v) is 7.57. The van der Waals surface area contributed by atoms with E-state index in [1.807, 2.05) is 19.2 Å². The molecule has 106 valence electrons. The molecule has 1 aromatic heterocycles. The number of hydrogen-bond acceptors (Lipinski definition) is 4. The zero-order chi connectivity index (χ0) is 13.5. The van der Waals surface area contributed by atoms with E-state index in [2.05, 4.69) is 14.9 Å². The monoisotopic (exact) mass is 262 g/mol. The Morgan fingerprint density at radius 1 is 1.26 bits per heavy atom. The van der Waals surface area contributed by atoms with E-state index in [1.54, 1.807) is 0 Å². The van der Waals surface area contributed by atoms with Crippen molar-refractivity contribution >= 4 is 5.95 Å². The number of aryl methyl sites for hydroxylation is 1. The molecule has 0 atom stereocenters. The molecule has 1 fully saturated rings. The van der Waals surface area contributed by atoms with Crippen molar-refractivity contribution in [2.75, 3.05) is 18.0 Å². The van der Waals surface area contributed by atoms with E-state index in [9.17, 15) is 0 Å². The van der Waals surface area contributed by atoms with Crippen LogP contribution in [-0.4, -0.2) is 29.1 Å². The summed E-state index contributed by atoms with van der Waals surface area (Å²) in [5.41, 5.74) is 6.72. The maximum Gasteiger partial charge on any atom is 0.225 e. The van der Waals surface area contributed by atoms with Crippen LogP contribution in [0.3, 0.4) is 0 Å². The lowest BCUT2D eigenvalue weighted by molar-refractivity contribution is 0.510. The molecule has 0 spiro atoms. The summed E-state index contributed by atoms with van der Waals surface area (Å²) in [6.07, 6.45) is 10.8. The van der Waals surface area contributed by atoms with Crippen molar-refractivity contribution in [2.24, 2.45) is 5.73 Å². The van der Waals surface area contributed by atoms with Gasteiger partial charge in [-0.1, -0.05) is 25.7 Å². The number of aromatic nitrogens is 2. The minimum atomic E-state index is 0.593. The smallest absolute Gasteiger partial charge is 0.225 e. The molecule has 0 saturated heterocycles. The molecule has 1 aliphatic carbocycles. The predicted octanol–water partition coefficient (Wildman–Crippen LogP) is 2.66. The van der Waals surface area contributed by atoms with Gasteiger partial charge in [-0.3, -0.25) is 0 Å². The summed E-state index contributed by atoms with van der Waals surface area (Å²) < 4.78 is 0. The number of nitrogens with zero attached hydrogens (tertiary/aromatic N) is 3. The van der Waals surface area contributed by atoms with Crippen molar-refractivity contribution in [1.29, 1.82) is 0 Å². The van der Waals surface area contributed by atoms with Crippen LogP contribution in [0.1, 0.15) is 50.6 Å². The summed E-state index contributed by atoms with van der Waals surface area (Å²) in [5, 5.41) is 0. The minimum Gasteiger partial charge on any atom is -0.338 e. The van der Waals surface area contributed by atoms with Crippen LogP contribution in [0.5, 0.6) is 0 Å². The molecule has 4 nitrogen and oxygen atoms in total. The maximum atomic E-state index is 5.68. The molecular weight excluding hydrogens is 236 g/mol. The Kier molecular flexibility index (Phi) is 5.58. The van der Waals surface area contributed by atoms with Crippen LogP contribution in [0.25, 0.3) is 0 Å². The van der Waals surface area contributed by atoms with Crippen molar-refractivity contribution in [3.05, 3.63) is 18.0 Å². The summed E-state index contributed by atoms with van der Waals surface area (Å²) in [6, 6.07) is 2.55. The molecule has 0 bridgehead atoms. The van der Waals surface area contributed by atoms with Crippen LogP contribution in [0.15, 0.2) is 12.3 Å². The van der Waals surface area contributed by atoms with Crippen LogP contribution in [0.4, 0.5) is 5.95 Å². The molecule has 1 saturated carbocycles. The van der Waals surface area contributed by atoms with Crippen LogP contribution in [0, 0.1) is 6.92 Å². The number of rotatable bonds is 5. The quantitative estimate of drug-likeness (QED) is 0.829. The first kappa shape index (κ1) is 14.3. The summed E-state index contributed by atoms with van der Waals surface area (Å²) in [7, 11) is 0. The van der Waals surface area contributed by atoms with Gasteiger partial charge in [0.2, 0.25) is 5.95 Å². The zero-order valence-electron chi connectivity index (χ0n) is 12.0. The van der Waals surface area contributed by atoms with Crippen molar-refractivity contribution < 1.29 is 0 Å². The van der Waals surface area contributed by atoms with Crippen LogP contribution >= 0.6 is 0 Å². The third-order valence-corrected chi connectivity index (χ3v) is 3.91. The normalized spacial score (nSPS) is 17.2. The molecule has 2 rings (SSSR count). The van der Waals surface area contributed by atoms with E-state index in [1.165, 1.54) is 38.5 Å². The van der Waals surface area contributed by atoms with Crippen molar-refractivity contribution in [2.45, 2.75) is 57.9 Å². The van der Waals surface area contributed by atoms with Crippen molar-refractivity contribution in [3.8, 4) is 0 Å². The van der Waals surface area contributed by atoms with Gasteiger partial charge in [-0.25, -0.2) is 9.97 Å². The second-order valence-corrected chi connectivity index (χ2v) is 5.48. The summed E-state index contributed by atoms with van der Waals surface area (Å²) >= 11 is 0.